The van der Waals surface area contributed by atoms with Gasteiger partial charge in [-0.05, 0) is 31.3 Å². The van der Waals surface area contributed by atoms with Gasteiger partial charge in [0.1, 0.15) is 11.5 Å². The smallest absolute Gasteiger partial charge is 0.339 e. The Kier molecular flexibility index (Phi) is 5.86. The number of Topliss-reactive ketones (excluding diaryl/α,β-unsaturated/α-hetero) is 1. The lowest BCUT2D eigenvalue weighted by Gasteiger charge is -2.26. The van der Waals surface area contributed by atoms with Gasteiger partial charge in [-0.3, -0.25) is 9.78 Å². The maximum atomic E-state index is 13.2. The van der Waals surface area contributed by atoms with E-state index < -0.39 is 12.6 Å². The third-order valence-corrected chi connectivity index (χ3v) is 5.48. The minimum atomic E-state index is -0.527. The van der Waals surface area contributed by atoms with Crippen LogP contribution in [0.25, 0.3) is 10.9 Å². The van der Waals surface area contributed by atoms with E-state index in [1.54, 1.807) is 18.2 Å². The van der Waals surface area contributed by atoms with Gasteiger partial charge in [0.05, 0.1) is 30.9 Å². The van der Waals surface area contributed by atoms with Crippen LogP contribution in [0.2, 0.25) is 0 Å². The van der Waals surface area contributed by atoms with Crippen molar-refractivity contribution in [2.45, 2.75) is 13.0 Å². The maximum absolute atomic E-state index is 13.2. The molecule has 0 saturated heterocycles. The van der Waals surface area contributed by atoms with Gasteiger partial charge in [-0.2, -0.15) is 0 Å². The first-order valence-corrected chi connectivity index (χ1v) is 10.0. The number of rotatable bonds is 6. The van der Waals surface area contributed by atoms with Gasteiger partial charge in [-0.25, -0.2) is 4.79 Å². The number of hydrogen-bond acceptors (Lipinski definition) is 7. The van der Waals surface area contributed by atoms with Crippen LogP contribution in [0.15, 0.2) is 42.5 Å². The zero-order valence-corrected chi connectivity index (χ0v) is 17.8. The Hall–Kier alpha value is -3.45. The number of likely N-dealkylation sites (N-methyl/N-ethyl adjacent to an activating group) is 1. The van der Waals surface area contributed by atoms with Gasteiger partial charge in [0.2, 0.25) is 5.78 Å². The van der Waals surface area contributed by atoms with Crippen LogP contribution in [-0.2, 0) is 17.7 Å². The topological polar surface area (TPSA) is 78.0 Å². The minimum Gasteiger partial charge on any atom is -0.497 e. The van der Waals surface area contributed by atoms with E-state index in [0.29, 0.717) is 29.2 Å². The summed E-state index contributed by atoms with van der Waals surface area (Å²) in [5, 5.41) is 0.730. The van der Waals surface area contributed by atoms with Crippen molar-refractivity contribution in [2.75, 3.05) is 34.4 Å². The predicted molar refractivity (Wildman–Crippen MR) is 116 cm³/mol. The highest BCUT2D eigenvalue weighted by atomic mass is 16.5. The van der Waals surface area contributed by atoms with E-state index in [1.165, 1.54) is 14.2 Å². The lowest BCUT2D eigenvalue weighted by atomic mass is 9.96. The first-order chi connectivity index (χ1) is 15.0. The Bertz CT molecular complexity index is 1160. The predicted octanol–water partition coefficient (Wildman–Crippen LogP) is 3.28. The zero-order valence-electron chi connectivity index (χ0n) is 17.8. The average Bonchev–Trinajstić information content (AvgIpc) is 2.80. The molecule has 3 aromatic rings. The number of pyridine rings is 1. The van der Waals surface area contributed by atoms with Gasteiger partial charge >= 0.3 is 5.97 Å². The van der Waals surface area contributed by atoms with Crippen LogP contribution in [0, 0.1) is 0 Å². The van der Waals surface area contributed by atoms with E-state index in [1.807, 2.05) is 31.3 Å². The number of methoxy groups -OCH3 is 2. The molecule has 0 bridgehead atoms. The largest absolute Gasteiger partial charge is 0.497 e. The van der Waals surface area contributed by atoms with Crippen molar-refractivity contribution in [3.8, 4) is 11.5 Å². The lowest BCUT2D eigenvalue weighted by molar-refractivity contribution is 0.0473. The first kappa shape index (κ1) is 20.8. The van der Waals surface area contributed by atoms with Crippen molar-refractivity contribution < 1.29 is 23.8 Å². The highest BCUT2D eigenvalue weighted by Crippen LogP contribution is 2.29. The summed E-state index contributed by atoms with van der Waals surface area (Å²) >= 11 is 0. The van der Waals surface area contributed by atoms with Gasteiger partial charge in [-0.1, -0.05) is 18.2 Å². The molecule has 160 valence electrons. The van der Waals surface area contributed by atoms with Gasteiger partial charge in [0.25, 0.3) is 0 Å². The number of fused-ring (bicyclic) bond motifs is 2. The fourth-order valence-corrected chi connectivity index (χ4v) is 3.87. The molecule has 31 heavy (non-hydrogen) atoms. The number of carbonyl (C=O) groups excluding carboxylic acids is 2. The number of ketones is 1. The molecular weight excluding hydrogens is 396 g/mol. The summed E-state index contributed by atoms with van der Waals surface area (Å²) in [5.74, 6) is 0.0248. The molecular formula is C24H24N2O5. The molecule has 0 saturated carbocycles. The van der Waals surface area contributed by atoms with Crippen molar-refractivity contribution >= 4 is 22.7 Å². The normalized spacial score (nSPS) is 13.5. The van der Waals surface area contributed by atoms with Crippen LogP contribution in [0.5, 0.6) is 11.5 Å². The summed E-state index contributed by atoms with van der Waals surface area (Å²) in [6.07, 6.45) is 0.761. The third kappa shape index (κ3) is 4.09. The first-order valence-electron chi connectivity index (χ1n) is 10.0. The molecule has 1 aliphatic rings. The summed E-state index contributed by atoms with van der Waals surface area (Å²) < 4.78 is 16.0. The highest BCUT2D eigenvalue weighted by Gasteiger charge is 2.26. The number of benzene rings is 2. The SMILES string of the molecule is COc1ccc(OC)c(C(=O)COC(=O)c2c3c(nc4ccccc24)CCN(C)C3)c1. The van der Waals surface area contributed by atoms with Gasteiger partial charge < -0.3 is 19.1 Å². The van der Waals surface area contributed by atoms with Crippen molar-refractivity contribution in [2.24, 2.45) is 0 Å². The molecule has 0 spiro atoms. The summed E-state index contributed by atoms with van der Waals surface area (Å²) in [7, 11) is 5.01. The highest BCUT2D eigenvalue weighted by molar-refractivity contribution is 6.07. The molecule has 2 aromatic carbocycles. The monoisotopic (exact) mass is 420 g/mol. The molecule has 0 fully saturated rings. The third-order valence-electron chi connectivity index (χ3n) is 5.48. The van der Waals surface area contributed by atoms with E-state index in [4.69, 9.17) is 19.2 Å². The van der Waals surface area contributed by atoms with E-state index in [2.05, 4.69) is 4.90 Å². The molecule has 2 heterocycles. The molecule has 1 aliphatic heterocycles. The molecule has 7 heteroatoms. The van der Waals surface area contributed by atoms with Crippen molar-refractivity contribution in [1.29, 1.82) is 0 Å². The Morgan fingerprint density at radius 1 is 1.10 bits per heavy atom. The van der Waals surface area contributed by atoms with Crippen molar-refractivity contribution in [3.63, 3.8) is 0 Å². The maximum Gasteiger partial charge on any atom is 0.339 e. The summed E-state index contributed by atoms with van der Waals surface area (Å²) in [6.45, 7) is 1.08. The molecule has 0 atom stereocenters. The number of carbonyl (C=O) groups is 2. The Labute approximate surface area is 180 Å². The van der Waals surface area contributed by atoms with Crippen LogP contribution < -0.4 is 9.47 Å². The molecule has 4 rings (SSSR count). The van der Waals surface area contributed by atoms with Crippen molar-refractivity contribution in [1.82, 2.24) is 9.88 Å². The molecule has 0 amide bonds. The Morgan fingerprint density at radius 2 is 1.90 bits per heavy atom. The van der Waals surface area contributed by atoms with E-state index >= 15 is 0 Å². The molecule has 7 nitrogen and oxygen atoms in total. The number of hydrogen-bond donors (Lipinski definition) is 0. The van der Waals surface area contributed by atoms with Gasteiger partial charge in [0, 0.05) is 36.2 Å². The van der Waals surface area contributed by atoms with E-state index in [9.17, 15) is 9.59 Å². The Morgan fingerprint density at radius 3 is 2.68 bits per heavy atom. The van der Waals surface area contributed by atoms with E-state index in [-0.39, 0.29) is 5.78 Å². The summed E-state index contributed by atoms with van der Waals surface area (Å²) in [4.78, 5) is 32.9. The number of ether oxygens (including phenoxy) is 3. The molecule has 0 radical (unpaired) electrons. The molecule has 0 unspecified atom stereocenters. The van der Waals surface area contributed by atoms with Crippen LogP contribution in [0.4, 0.5) is 0 Å². The number of nitrogens with zero attached hydrogens (tertiary/aromatic N) is 2. The van der Waals surface area contributed by atoms with E-state index in [0.717, 1.165) is 35.1 Å². The minimum absolute atomic E-state index is 0.302. The van der Waals surface area contributed by atoms with Crippen LogP contribution in [0.3, 0.4) is 0 Å². The van der Waals surface area contributed by atoms with Gasteiger partial charge in [0.15, 0.2) is 6.61 Å². The van der Waals surface area contributed by atoms with Gasteiger partial charge in [-0.15, -0.1) is 0 Å². The Balaban J connectivity index is 1.64. The second kappa shape index (κ2) is 8.73. The number of esters is 1. The van der Waals surface area contributed by atoms with Crippen LogP contribution in [0.1, 0.15) is 32.0 Å². The summed E-state index contributed by atoms with van der Waals surface area (Å²) in [5.41, 5.74) is 3.31. The average molecular weight is 420 g/mol. The zero-order chi connectivity index (χ0) is 22.0. The second-order valence-electron chi connectivity index (χ2n) is 7.48. The molecule has 0 N–H and O–H groups in total. The number of aromatic nitrogens is 1. The fourth-order valence-electron chi connectivity index (χ4n) is 3.87. The summed E-state index contributed by atoms with van der Waals surface area (Å²) in [6, 6.07) is 12.4. The standard InChI is InChI=1S/C24H24N2O5/c1-26-11-10-20-18(13-26)23(16-6-4-5-7-19(16)25-20)24(28)31-14-21(27)17-12-15(29-2)8-9-22(17)30-3/h4-9,12H,10-11,13-14H2,1-3H3. The number of para-hydroxylation sites is 1. The van der Waals surface area contributed by atoms with Crippen LogP contribution >= 0.6 is 0 Å². The molecule has 1 aromatic heterocycles. The second-order valence-corrected chi connectivity index (χ2v) is 7.48. The van der Waals surface area contributed by atoms with Crippen LogP contribution in [-0.4, -0.2) is 56.1 Å². The quantitative estimate of drug-likeness (QED) is 0.447. The fraction of sp³-hybridized carbons (Fsp3) is 0.292. The lowest BCUT2D eigenvalue weighted by Crippen LogP contribution is -2.30. The molecule has 0 aliphatic carbocycles. The van der Waals surface area contributed by atoms with Crippen molar-refractivity contribution in [3.05, 3.63) is 64.8 Å².